The monoisotopic (exact) mass is 639 g/mol. The number of ether oxygens (including phenoxy) is 2. The van der Waals surface area contributed by atoms with Gasteiger partial charge in [0, 0.05) is 51.8 Å². The SMILES string of the molecule is O=S(=O)(CCO)Nc1ccc2c(c1)N1CCC(C(F)(F)F)(CC1)OCCCC1CN(CCO1)c1nccc(n1)-c1nnc-2o1. The molecule has 2 fully saturated rings. The molecule has 0 amide bonds. The topological polar surface area (TPSA) is 156 Å². The van der Waals surface area contributed by atoms with Crippen molar-refractivity contribution in [1.82, 2.24) is 20.2 Å². The van der Waals surface area contributed by atoms with Gasteiger partial charge in [-0.05, 0) is 37.1 Å². The van der Waals surface area contributed by atoms with Crippen molar-refractivity contribution in [2.45, 2.75) is 43.6 Å². The minimum Gasteiger partial charge on any atom is -0.415 e. The van der Waals surface area contributed by atoms with E-state index in [0.29, 0.717) is 55.4 Å². The standard InChI is InChI=1S/C27H32F3N7O6S/c28-27(29,30)26-6-9-36(10-7-26)22-16-18(35-44(39,40)15-12-38)3-4-20(22)23-33-34-24(43-23)21-5-8-31-25(32-21)37-11-14-41-19(17-37)2-1-13-42-26/h3-5,8,16,19,35,38H,1-2,6-7,9-15,17H2. The van der Waals surface area contributed by atoms with Crippen LogP contribution in [0.1, 0.15) is 25.7 Å². The lowest BCUT2D eigenvalue weighted by Crippen LogP contribution is -2.55. The van der Waals surface area contributed by atoms with Gasteiger partial charge in [-0.1, -0.05) is 0 Å². The maximum Gasteiger partial charge on any atom is 0.417 e. The number of piperidine rings is 1. The molecule has 2 N–H and O–H groups in total. The van der Waals surface area contributed by atoms with Gasteiger partial charge in [-0.3, -0.25) is 4.72 Å². The first-order valence-electron chi connectivity index (χ1n) is 14.3. The van der Waals surface area contributed by atoms with Crippen molar-refractivity contribution in [2.24, 2.45) is 0 Å². The lowest BCUT2D eigenvalue weighted by Gasteiger charge is -2.43. The molecule has 3 aromatic rings. The number of benzene rings is 1. The summed E-state index contributed by atoms with van der Waals surface area (Å²) in [6, 6.07) is 6.19. The van der Waals surface area contributed by atoms with Gasteiger partial charge >= 0.3 is 6.18 Å². The molecular formula is C27H32F3N7O6S. The Kier molecular flexibility index (Phi) is 8.38. The summed E-state index contributed by atoms with van der Waals surface area (Å²) in [5.74, 6) is 0.115. The molecule has 4 aliphatic rings. The normalized spacial score (nSPS) is 23.0. The number of anilines is 3. The Balaban J connectivity index is 1.41. The second kappa shape index (κ2) is 12.1. The molecule has 1 atom stereocenters. The van der Waals surface area contributed by atoms with Crippen LogP contribution in [-0.2, 0) is 19.5 Å². The Morgan fingerprint density at radius 3 is 2.64 bits per heavy atom. The Bertz CT molecular complexity index is 1580. The van der Waals surface area contributed by atoms with Crippen molar-refractivity contribution in [3.05, 3.63) is 30.5 Å². The molecule has 0 aliphatic carbocycles. The average molecular weight is 640 g/mol. The third-order valence-electron chi connectivity index (χ3n) is 8.05. The number of aliphatic hydroxyl groups is 1. The molecule has 44 heavy (non-hydrogen) atoms. The Morgan fingerprint density at radius 1 is 1.07 bits per heavy atom. The van der Waals surface area contributed by atoms with Crippen LogP contribution in [0.25, 0.3) is 23.0 Å². The summed E-state index contributed by atoms with van der Waals surface area (Å²) >= 11 is 0. The highest BCUT2D eigenvalue weighted by Gasteiger charge is 2.57. The fraction of sp³-hybridized carbons (Fsp3) is 0.556. The number of fused-ring (bicyclic) bond motifs is 5. The first-order valence-corrected chi connectivity index (χ1v) is 16.0. The summed E-state index contributed by atoms with van der Waals surface area (Å²) in [5, 5.41) is 17.5. The summed E-state index contributed by atoms with van der Waals surface area (Å²) in [4.78, 5) is 12.7. The van der Waals surface area contributed by atoms with Crippen molar-refractivity contribution in [2.75, 3.05) is 66.3 Å². The van der Waals surface area contributed by atoms with Crippen LogP contribution in [0.4, 0.5) is 30.5 Å². The molecule has 4 aliphatic heterocycles. The zero-order valence-corrected chi connectivity index (χ0v) is 24.5. The molecule has 2 aromatic heterocycles. The van der Waals surface area contributed by atoms with E-state index >= 15 is 0 Å². The lowest BCUT2D eigenvalue weighted by atomic mass is 9.89. The Morgan fingerprint density at radius 2 is 1.86 bits per heavy atom. The highest BCUT2D eigenvalue weighted by atomic mass is 32.2. The molecule has 1 aromatic carbocycles. The van der Waals surface area contributed by atoms with E-state index < -0.39 is 34.2 Å². The van der Waals surface area contributed by atoms with Gasteiger partial charge in [0.15, 0.2) is 5.60 Å². The van der Waals surface area contributed by atoms with Crippen molar-refractivity contribution >= 4 is 27.3 Å². The summed E-state index contributed by atoms with van der Waals surface area (Å²) < 4.78 is 88.1. The summed E-state index contributed by atoms with van der Waals surface area (Å²) in [6.45, 7) is 0.704. The second-order valence-electron chi connectivity index (χ2n) is 10.9. The molecule has 0 spiro atoms. The first-order chi connectivity index (χ1) is 21.1. The number of aromatic nitrogens is 4. The van der Waals surface area contributed by atoms with Crippen molar-refractivity contribution in [3.8, 4) is 23.0 Å². The average Bonchev–Trinajstić information content (AvgIpc) is 3.49. The molecule has 13 nitrogen and oxygen atoms in total. The summed E-state index contributed by atoms with van der Waals surface area (Å²) in [6.07, 6.45) is -3.01. The largest absolute Gasteiger partial charge is 0.417 e. The van der Waals surface area contributed by atoms with Gasteiger partial charge in [-0.2, -0.15) is 13.2 Å². The number of hydrogen-bond acceptors (Lipinski definition) is 12. The second-order valence-corrected chi connectivity index (χ2v) is 12.8. The molecule has 1 unspecified atom stereocenters. The zero-order chi connectivity index (χ0) is 31.0. The van der Waals surface area contributed by atoms with E-state index in [1.54, 1.807) is 23.2 Å². The number of sulfonamides is 1. The van der Waals surface area contributed by atoms with Crippen LogP contribution in [0.5, 0.6) is 0 Å². The van der Waals surface area contributed by atoms with E-state index in [9.17, 15) is 21.6 Å². The quantitative estimate of drug-likeness (QED) is 0.431. The molecule has 2 saturated heterocycles. The molecule has 0 radical (unpaired) electrons. The Hall–Kier alpha value is -3.54. The number of nitrogens with zero attached hydrogens (tertiary/aromatic N) is 6. The number of rotatable bonds is 4. The fourth-order valence-corrected chi connectivity index (χ4v) is 6.54. The Labute approximate surface area is 251 Å². The van der Waals surface area contributed by atoms with Gasteiger partial charge in [0.25, 0.3) is 5.89 Å². The predicted octanol–water partition coefficient (Wildman–Crippen LogP) is 2.84. The number of alkyl halides is 3. The van der Waals surface area contributed by atoms with E-state index in [2.05, 4.69) is 24.9 Å². The summed E-state index contributed by atoms with van der Waals surface area (Å²) in [5.41, 5.74) is -0.958. The van der Waals surface area contributed by atoms with Gasteiger partial charge in [-0.15, -0.1) is 10.2 Å². The van der Waals surface area contributed by atoms with Gasteiger partial charge in [0.2, 0.25) is 21.9 Å². The van der Waals surface area contributed by atoms with Crippen LogP contribution in [-0.4, -0.2) is 103 Å². The molecule has 7 rings (SSSR count). The van der Waals surface area contributed by atoms with Crippen molar-refractivity contribution in [3.63, 3.8) is 0 Å². The van der Waals surface area contributed by atoms with Crippen LogP contribution < -0.4 is 14.5 Å². The molecule has 17 heteroatoms. The number of morpholine rings is 1. The summed E-state index contributed by atoms with van der Waals surface area (Å²) in [7, 11) is -3.87. The van der Waals surface area contributed by atoms with E-state index in [-0.39, 0.29) is 56.1 Å². The van der Waals surface area contributed by atoms with Gasteiger partial charge in [-0.25, -0.2) is 18.4 Å². The van der Waals surface area contributed by atoms with Crippen LogP contribution in [0.2, 0.25) is 0 Å². The number of nitrogens with one attached hydrogen (secondary N) is 1. The van der Waals surface area contributed by atoms with E-state index in [1.807, 2.05) is 4.90 Å². The smallest absolute Gasteiger partial charge is 0.415 e. The minimum atomic E-state index is -4.59. The number of hydrogen-bond donors (Lipinski definition) is 2. The molecule has 8 bridgehead atoms. The zero-order valence-electron chi connectivity index (χ0n) is 23.7. The third-order valence-corrected chi connectivity index (χ3v) is 9.31. The van der Waals surface area contributed by atoms with Crippen LogP contribution in [0.3, 0.4) is 0 Å². The van der Waals surface area contributed by atoms with Crippen molar-refractivity contribution in [1.29, 1.82) is 0 Å². The maximum atomic E-state index is 14.5. The van der Waals surface area contributed by atoms with Gasteiger partial charge in [0.1, 0.15) is 5.69 Å². The highest BCUT2D eigenvalue weighted by molar-refractivity contribution is 7.92. The lowest BCUT2D eigenvalue weighted by molar-refractivity contribution is -0.284. The van der Waals surface area contributed by atoms with E-state index in [4.69, 9.17) is 19.0 Å². The number of aliphatic hydroxyl groups excluding tert-OH is 1. The van der Waals surface area contributed by atoms with Gasteiger partial charge in [0.05, 0.1) is 42.0 Å². The molecule has 238 valence electrons. The highest BCUT2D eigenvalue weighted by Crippen LogP contribution is 2.44. The number of halogens is 3. The maximum absolute atomic E-state index is 14.5. The first kappa shape index (κ1) is 30.5. The van der Waals surface area contributed by atoms with Crippen LogP contribution in [0.15, 0.2) is 34.9 Å². The van der Waals surface area contributed by atoms with Crippen LogP contribution >= 0.6 is 0 Å². The van der Waals surface area contributed by atoms with E-state index in [0.717, 1.165) is 0 Å². The van der Waals surface area contributed by atoms with E-state index in [1.165, 1.54) is 12.1 Å². The van der Waals surface area contributed by atoms with Crippen molar-refractivity contribution < 1.29 is 40.6 Å². The third kappa shape index (κ3) is 6.31. The molecule has 6 heterocycles. The molecule has 0 saturated carbocycles. The van der Waals surface area contributed by atoms with Crippen LogP contribution in [0, 0.1) is 0 Å². The predicted molar refractivity (Wildman–Crippen MR) is 153 cm³/mol. The van der Waals surface area contributed by atoms with Gasteiger partial charge < -0.3 is 28.8 Å². The molecular weight excluding hydrogens is 607 g/mol. The fourth-order valence-electron chi connectivity index (χ4n) is 5.72. The minimum absolute atomic E-state index is 0.0314.